The summed E-state index contributed by atoms with van der Waals surface area (Å²) < 4.78 is 7.12. The molecule has 0 aromatic carbocycles. The van der Waals surface area contributed by atoms with Crippen LogP contribution in [-0.4, -0.2) is 21.1 Å². The van der Waals surface area contributed by atoms with Crippen molar-refractivity contribution >= 4 is 11.8 Å². The molecular weight excluding hydrogens is 206 g/mol. The maximum Gasteiger partial charge on any atom is 0.359 e. The third kappa shape index (κ3) is 2.18. The first-order chi connectivity index (χ1) is 7.38. The van der Waals surface area contributed by atoms with Gasteiger partial charge in [0.05, 0.1) is 6.33 Å². The molecule has 1 heterocycles. The smallest absolute Gasteiger partial charge is 0.359 e. The van der Waals surface area contributed by atoms with Gasteiger partial charge >= 0.3 is 5.97 Å². The molecule has 0 aliphatic heterocycles. The van der Waals surface area contributed by atoms with Crippen LogP contribution in [0.5, 0.6) is 0 Å². The lowest BCUT2D eigenvalue weighted by Crippen LogP contribution is -2.26. The number of hydrogen-bond acceptors (Lipinski definition) is 4. The Morgan fingerprint density at radius 1 is 1.56 bits per heavy atom. The summed E-state index contributed by atoms with van der Waals surface area (Å²) in [5, 5.41) is 0. The predicted molar refractivity (Wildman–Crippen MR) is 60.1 cm³/mol. The monoisotopic (exact) mass is 223 g/mol. The van der Waals surface area contributed by atoms with Crippen LogP contribution >= 0.6 is 0 Å². The maximum atomic E-state index is 11.9. The lowest BCUT2D eigenvalue weighted by atomic mass is 10.2. The summed E-state index contributed by atoms with van der Waals surface area (Å²) in [5.41, 5.74) is 5.57. The summed E-state index contributed by atoms with van der Waals surface area (Å²) in [7, 11) is 0. The SMILES string of the molecule is CC(C)(C)OC(=O)c1c(N)ncn1C1CC1. The average Bonchev–Trinajstić information content (AvgIpc) is 2.87. The normalized spacial score (nSPS) is 16.2. The van der Waals surface area contributed by atoms with Crippen LogP contribution in [0, 0.1) is 0 Å². The second kappa shape index (κ2) is 3.50. The van der Waals surface area contributed by atoms with Crippen molar-refractivity contribution in [2.24, 2.45) is 0 Å². The second-order valence-corrected chi connectivity index (χ2v) is 5.12. The number of anilines is 1. The first-order valence-electron chi connectivity index (χ1n) is 5.44. The summed E-state index contributed by atoms with van der Waals surface area (Å²) in [6.45, 7) is 5.50. The molecule has 0 spiro atoms. The number of aromatic nitrogens is 2. The topological polar surface area (TPSA) is 70.1 Å². The Labute approximate surface area is 94.6 Å². The number of carbonyl (C=O) groups is 1. The third-order valence-electron chi connectivity index (χ3n) is 2.35. The number of carbonyl (C=O) groups excluding carboxylic acids is 1. The standard InChI is InChI=1S/C11H17N3O2/c1-11(2,3)16-10(15)8-9(12)13-6-14(8)7-4-5-7/h6-7H,4-5,12H2,1-3H3. The Hall–Kier alpha value is -1.52. The average molecular weight is 223 g/mol. The Morgan fingerprint density at radius 2 is 2.19 bits per heavy atom. The van der Waals surface area contributed by atoms with Crippen molar-refractivity contribution in [2.75, 3.05) is 5.73 Å². The van der Waals surface area contributed by atoms with E-state index in [-0.39, 0.29) is 5.82 Å². The fourth-order valence-corrected chi connectivity index (χ4v) is 1.54. The molecule has 88 valence electrons. The molecule has 0 unspecified atom stereocenters. The van der Waals surface area contributed by atoms with Gasteiger partial charge < -0.3 is 15.0 Å². The number of ether oxygens (including phenoxy) is 1. The predicted octanol–water partition coefficient (Wildman–Crippen LogP) is 1.76. The first kappa shape index (κ1) is 11.0. The molecule has 0 bridgehead atoms. The van der Waals surface area contributed by atoms with Crippen LogP contribution in [0.3, 0.4) is 0 Å². The van der Waals surface area contributed by atoms with E-state index in [1.54, 1.807) is 6.33 Å². The maximum absolute atomic E-state index is 11.9. The van der Waals surface area contributed by atoms with E-state index in [1.807, 2.05) is 25.3 Å². The Balaban J connectivity index is 2.25. The van der Waals surface area contributed by atoms with Gasteiger partial charge in [-0.1, -0.05) is 0 Å². The number of nitrogens with two attached hydrogens (primary N) is 1. The molecule has 1 saturated carbocycles. The minimum Gasteiger partial charge on any atom is -0.455 e. The summed E-state index contributed by atoms with van der Waals surface area (Å²) in [5.74, 6) is -0.143. The molecule has 0 radical (unpaired) electrons. The Bertz CT molecular complexity index is 413. The van der Waals surface area contributed by atoms with E-state index < -0.39 is 11.6 Å². The van der Waals surface area contributed by atoms with Crippen LogP contribution < -0.4 is 5.73 Å². The van der Waals surface area contributed by atoms with Gasteiger partial charge in [0, 0.05) is 6.04 Å². The molecule has 0 atom stereocenters. The number of hydrogen-bond donors (Lipinski definition) is 1. The molecule has 5 heteroatoms. The molecule has 2 rings (SSSR count). The number of imidazole rings is 1. The fraction of sp³-hybridized carbons (Fsp3) is 0.636. The van der Waals surface area contributed by atoms with Crippen molar-refractivity contribution in [1.82, 2.24) is 9.55 Å². The van der Waals surface area contributed by atoms with Crippen molar-refractivity contribution < 1.29 is 9.53 Å². The van der Waals surface area contributed by atoms with E-state index in [4.69, 9.17) is 10.5 Å². The second-order valence-electron chi connectivity index (χ2n) is 5.12. The Morgan fingerprint density at radius 3 is 2.69 bits per heavy atom. The van der Waals surface area contributed by atoms with E-state index in [1.165, 1.54) is 0 Å². The van der Waals surface area contributed by atoms with Crippen molar-refractivity contribution in [2.45, 2.75) is 45.3 Å². The largest absolute Gasteiger partial charge is 0.455 e. The van der Waals surface area contributed by atoms with Gasteiger partial charge in [-0.25, -0.2) is 9.78 Å². The molecule has 5 nitrogen and oxygen atoms in total. The van der Waals surface area contributed by atoms with Gasteiger partial charge in [0.2, 0.25) is 0 Å². The van der Waals surface area contributed by atoms with Gasteiger partial charge in [-0.05, 0) is 33.6 Å². The molecule has 0 saturated heterocycles. The van der Waals surface area contributed by atoms with Crippen molar-refractivity contribution in [3.05, 3.63) is 12.0 Å². The van der Waals surface area contributed by atoms with Crippen LogP contribution in [0.2, 0.25) is 0 Å². The number of nitrogen functional groups attached to an aromatic ring is 1. The third-order valence-corrected chi connectivity index (χ3v) is 2.35. The molecule has 1 aliphatic rings. The lowest BCUT2D eigenvalue weighted by Gasteiger charge is -2.20. The molecule has 1 aromatic rings. The number of rotatable bonds is 2. The molecule has 1 fully saturated rings. The van der Waals surface area contributed by atoms with E-state index in [0.717, 1.165) is 12.8 Å². The van der Waals surface area contributed by atoms with Crippen LogP contribution in [0.15, 0.2) is 6.33 Å². The summed E-state index contributed by atoms with van der Waals surface area (Å²) in [4.78, 5) is 15.9. The highest BCUT2D eigenvalue weighted by Crippen LogP contribution is 2.37. The van der Waals surface area contributed by atoms with Crippen molar-refractivity contribution in [3.8, 4) is 0 Å². The number of esters is 1. The molecule has 1 aliphatic carbocycles. The summed E-state index contributed by atoms with van der Waals surface area (Å²) in [6, 6.07) is 0.368. The molecular formula is C11H17N3O2. The fourth-order valence-electron chi connectivity index (χ4n) is 1.54. The van der Waals surface area contributed by atoms with E-state index >= 15 is 0 Å². The highest BCUT2D eigenvalue weighted by atomic mass is 16.6. The zero-order chi connectivity index (χ0) is 11.9. The van der Waals surface area contributed by atoms with Gasteiger partial charge in [-0.3, -0.25) is 0 Å². The van der Waals surface area contributed by atoms with E-state index in [0.29, 0.717) is 11.7 Å². The first-order valence-corrected chi connectivity index (χ1v) is 5.44. The van der Waals surface area contributed by atoms with Gasteiger partial charge in [0.15, 0.2) is 11.5 Å². The van der Waals surface area contributed by atoms with Crippen molar-refractivity contribution in [1.29, 1.82) is 0 Å². The zero-order valence-corrected chi connectivity index (χ0v) is 9.86. The zero-order valence-electron chi connectivity index (χ0n) is 9.86. The van der Waals surface area contributed by atoms with Gasteiger partial charge in [0.25, 0.3) is 0 Å². The lowest BCUT2D eigenvalue weighted by molar-refractivity contribution is 0.00588. The summed E-state index contributed by atoms with van der Waals surface area (Å²) >= 11 is 0. The Kier molecular flexibility index (Phi) is 2.40. The van der Waals surface area contributed by atoms with E-state index in [2.05, 4.69) is 4.98 Å². The molecule has 0 amide bonds. The van der Waals surface area contributed by atoms with E-state index in [9.17, 15) is 4.79 Å². The highest BCUT2D eigenvalue weighted by molar-refractivity contribution is 5.92. The van der Waals surface area contributed by atoms with Crippen LogP contribution in [0.25, 0.3) is 0 Å². The highest BCUT2D eigenvalue weighted by Gasteiger charge is 2.31. The minimum absolute atomic E-state index is 0.251. The van der Waals surface area contributed by atoms with Gasteiger partial charge in [-0.2, -0.15) is 0 Å². The van der Waals surface area contributed by atoms with Gasteiger partial charge in [-0.15, -0.1) is 0 Å². The number of nitrogens with zero attached hydrogens (tertiary/aromatic N) is 2. The molecule has 2 N–H and O–H groups in total. The van der Waals surface area contributed by atoms with Gasteiger partial charge in [0.1, 0.15) is 5.60 Å². The van der Waals surface area contributed by atoms with Crippen LogP contribution in [-0.2, 0) is 4.74 Å². The van der Waals surface area contributed by atoms with Crippen molar-refractivity contribution in [3.63, 3.8) is 0 Å². The quantitative estimate of drug-likeness (QED) is 0.775. The minimum atomic E-state index is -0.512. The van der Waals surface area contributed by atoms with Crippen LogP contribution in [0.4, 0.5) is 5.82 Å². The van der Waals surface area contributed by atoms with Crippen LogP contribution in [0.1, 0.15) is 50.1 Å². The molecule has 1 aromatic heterocycles. The molecule has 16 heavy (non-hydrogen) atoms. The summed E-state index contributed by atoms with van der Waals surface area (Å²) in [6.07, 6.45) is 3.77.